The van der Waals surface area contributed by atoms with E-state index in [4.69, 9.17) is 8.83 Å². The number of fused-ring (bicyclic) bond motifs is 9. The molecule has 10 rings (SSSR count). The van der Waals surface area contributed by atoms with Crippen molar-refractivity contribution in [2.75, 3.05) is 4.90 Å². The van der Waals surface area contributed by atoms with E-state index in [-0.39, 0.29) is 0 Å². The van der Waals surface area contributed by atoms with E-state index in [0.717, 1.165) is 77.7 Å². The number of rotatable bonds is 4. The minimum Gasteiger partial charge on any atom is -0.456 e. The van der Waals surface area contributed by atoms with Gasteiger partial charge >= 0.3 is 0 Å². The average molecular weight is 591 g/mol. The topological polar surface area (TPSA) is 34.5 Å². The first-order valence-electron chi connectivity index (χ1n) is 15.5. The Kier molecular flexibility index (Phi) is 5.25. The predicted octanol–water partition coefficient (Wildman–Crippen LogP) is 12.1. The molecule has 0 aliphatic carbocycles. The molecule has 0 saturated heterocycles. The Hall–Kier alpha value is -6.26. The van der Waals surface area contributed by atoms with Crippen LogP contribution < -0.4 is 4.90 Å². The molecule has 0 saturated carbocycles. The zero-order valence-corrected chi connectivity index (χ0v) is 24.7. The molecule has 0 atom stereocenters. The highest BCUT2D eigenvalue weighted by atomic mass is 16.3. The van der Waals surface area contributed by atoms with Gasteiger partial charge in [-0.15, -0.1) is 0 Å². The van der Waals surface area contributed by atoms with Gasteiger partial charge in [0.1, 0.15) is 16.9 Å². The third-order valence-corrected chi connectivity index (χ3v) is 9.16. The maximum Gasteiger partial charge on any atom is 0.160 e. The number of hydrogen-bond donors (Lipinski definition) is 0. The molecule has 216 valence electrons. The Bertz CT molecular complexity index is 2660. The van der Waals surface area contributed by atoms with Crippen LogP contribution in [0.5, 0.6) is 0 Å². The Morgan fingerprint density at radius 1 is 0.413 bits per heavy atom. The van der Waals surface area contributed by atoms with Gasteiger partial charge in [-0.05, 0) is 54.6 Å². The summed E-state index contributed by atoms with van der Waals surface area (Å²) in [7, 11) is 0. The van der Waals surface area contributed by atoms with Crippen LogP contribution in [0.1, 0.15) is 0 Å². The van der Waals surface area contributed by atoms with Crippen molar-refractivity contribution in [3.8, 4) is 5.69 Å². The summed E-state index contributed by atoms with van der Waals surface area (Å²) in [6.07, 6.45) is 0. The van der Waals surface area contributed by atoms with Gasteiger partial charge in [0, 0.05) is 38.3 Å². The van der Waals surface area contributed by atoms with E-state index in [1.165, 1.54) is 10.8 Å². The Morgan fingerprint density at radius 2 is 0.978 bits per heavy atom. The van der Waals surface area contributed by atoms with Crippen LogP contribution in [-0.4, -0.2) is 4.57 Å². The summed E-state index contributed by atoms with van der Waals surface area (Å²) in [5, 5.41) is 6.56. The molecule has 0 spiro atoms. The van der Waals surface area contributed by atoms with Crippen LogP contribution in [0.25, 0.3) is 71.4 Å². The first kappa shape index (κ1) is 25.1. The molecule has 7 aromatic carbocycles. The molecular weight excluding hydrogens is 564 g/mol. The molecule has 0 N–H and O–H groups in total. The third kappa shape index (κ3) is 3.49. The molecule has 0 bridgehead atoms. The van der Waals surface area contributed by atoms with Crippen LogP contribution in [-0.2, 0) is 0 Å². The molecule has 4 nitrogen and oxygen atoms in total. The lowest BCUT2D eigenvalue weighted by molar-refractivity contribution is 0.662. The standard InChI is InChI=1S/C42H26N2O2/c1-3-14-27(15-4-1)43(28-16-5-2-6-17-28)36-24-13-21-31-33-26-38-39(32-20-9-12-25-37(32)45-38)40(42(33)46-41(31)36)44-34-22-10-7-18-29(34)30-19-8-11-23-35(30)44/h1-26H. The van der Waals surface area contributed by atoms with Gasteiger partial charge in [-0.2, -0.15) is 0 Å². The summed E-state index contributed by atoms with van der Waals surface area (Å²) < 4.78 is 16.1. The largest absolute Gasteiger partial charge is 0.456 e. The van der Waals surface area contributed by atoms with Crippen LogP contribution >= 0.6 is 0 Å². The van der Waals surface area contributed by atoms with Crippen molar-refractivity contribution < 1.29 is 8.83 Å². The van der Waals surface area contributed by atoms with Gasteiger partial charge in [-0.3, -0.25) is 0 Å². The molecular formula is C42H26N2O2. The first-order valence-corrected chi connectivity index (χ1v) is 15.5. The van der Waals surface area contributed by atoms with Crippen molar-refractivity contribution >= 4 is 82.7 Å². The van der Waals surface area contributed by atoms with E-state index in [9.17, 15) is 0 Å². The minimum atomic E-state index is 0.823. The van der Waals surface area contributed by atoms with Crippen LogP contribution in [0.2, 0.25) is 0 Å². The predicted molar refractivity (Wildman–Crippen MR) is 190 cm³/mol. The highest BCUT2D eigenvalue weighted by Gasteiger charge is 2.26. The van der Waals surface area contributed by atoms with Gasteiger partial charge < -0.3 is 18.3 Å². The molecule has 4 heteroatoms. The van der Waals surface area contributed by atoms with Crippen molar-refractivity contribution in [2.24, 2.45) is 0 Å². The van der Waals surface area contributed by atoms with E-state index in [1.807, 2.05) is 24.3 Å². The zero-order chi connectivity index (χ0) is 30.2. The molecule has 3 aromatic heterocycles. The lowest BCUT2D eigenvalue weighted by Gasteiger charge is -2.25. The lowest BCUT2D eigenvalue weighted by Crippen LogP contribution is -2.09. The molecule has 0 amide bonds. The van der Waals surface area contributed by atoms with Gasteiger partial charge in [0.2, 0.25) is 0 Å². The Balaban J connectivity index is 1.39. The molecule has 10 aromatic rings. The van der Waals surface area contributed by atoms with E-state index < -0.39 is 0 Å². The number of hydrogen-bond acceptors (Lipinski definition) is 3. The average Bonchev–Trinajstić information content (AvgIpc) is 3.79. The fraction of sp³-hybridized carbons (Fsp3) is 0. The maximum atomic E-state index is 7.18. The van der Waals surface area contributed by atoms with Crippen LogP contribution in [0.4, 0.5) is 17.1 Å². The second-order valence-electron chi connectivity index (χ2n) is 11.7. The van der Waals surface area contributed by atoms with Gasteiger partial charge in [0.05, 0.1) is 22.1 Å². The molecule has 0 aliphatic heterocycles. The number of nitrogens with zero attached hydrogens (tertiary/aromatic N) is 2. The SMILES string of the molecule is c1ccc(N(c2ccccc2)c2cccc3c2oc2c(-n4c5ccccc5c5ccccc54)c4c(cc23)oc2ccccc24)cc1. The van der Waals surface area contributed by atoms with Crippen LogP contribution in [0.15, 0.2) is 167 Å². The molecule has 0 radical (unpaired) electrons. The number of anilines is 3. The fourth-order valence-electron chi connectivity index (χ4n) is 7.23. The highest BCUT2D eigenvalue weighted by Crippen LogP contribution is 2.47. The smallest absolute Gasteiger partial charge is 0.160 e. The van der Waals surface area contributed by atoms with Crippen molar-refractivity contribution in [3.63, 3.8) is 0 Å². The number of furan rings is 2. The van der Waals surface area contributed by atoms with Gasteiger partial charge in [0.25, 0.3) is 0 Å². The first-order chi connectivity index (χ1) is 22.8. The lowest BCUT2D eigenvalue weighted by atomic mass is 10.0. The van der Waals surface area contributed by atoms with Crippen molar-refractivity contribution in [2.45, 2.75) is 0 Å². The van der Waals surface area contributed by atoms with Crippen molar-refractivity contribution in [1.82, 2.24) is 4.57 Å². The Morgan fingerprint density at radius 3 is 1.65 bits per heavy atom. The van der Waals surface area contributed by atoms with E-state index in [1.54, 1.807) is 0 Å². The minimum absolute atomic E-state index is 0.823. The van der Waals surface area contributed by atoms with Gasteiger partial charge in [0.15, 0.2) is 11.2 Å². The van der Waals surface area contributed by atoms with Crippen LogP contribution in [0.3, 0.4) is 0 Å². The number of benzene rings is 7. The van der Waals surface area contributed by atoms with Crippen molar-refractivity contribution in [1.29, 1.82) is 0 Å². The van der Waals surface area contributed by atoms with E-state index >= 15 is 0 Å². The van der Waals surface area contributed by atoms with E-state index in [2.05, 4.69) is 143 Å². The van der Waals surface area contributed by atoms with Crippen LogP contribution in [0, 0.1) is 0 Å². The fourth-order valence-corrected chi connectivity index (χ4v) is 7.23. The molecule has 0 unspecified atom stereocenters. The highest BCUT2D eigenvalue weighted by molar-refractivity contribution is 6.23. The molecule has 0 fully saturated rings. The summed E-state index contributed by atoms with van der Waals surface area (Å²) in [5.41, 5.74) is 9.67. The quantitative estimate of drug-likeness (QED) is 0.204. The monoisotopic (exact) mass is 590 g/mol. The summed E-state index contributed by atoms with van der Waals surface area (Å²) in [6, 6.07) is 55.0. The summed E-state index contributed by atoms with van der Waals surface area (Å²) in [6.45, 7) is 0. The third-order valence-electron chi connectivity index (χ3n) is 9.16. The second-order valence-corrected chi connectivity index (χ2v) is 11.7. The van der Waals surface area contributed by atoms with E-state index in [0.29, 0.717) is 0 Å². The summed E-state index contributed by atoms with van der Waals surface area (Å²) in [5.74, 6) is 0. The van der Waals surface area contributed by atoms with Gasteiger partial charge in [-0.1, -0.05) is 103 Å². The number of aromatic nitrogens is 1. The maximum absolute atomic E-state index is 7.18. The second kappa shape index (κ2) is 9.62. The molecule has 0 aliphatic rings. The zero-order valence-electron chi connectivity index (χ0n) is 24.7. The van der Waals surface area contributed by atoms with Crippen molar-refractivity contribution in [3.05, 3.63) is 158 Å². The summed E-state index contributed by atoms with van der Waals surface area (Å²) >= 11 is 0. The summed E-state index contributed by atoms with van der Waals surface area (Å²) in [4.78, 5) is 2.27. The Labute approximate surface area is 263 Å². The molecule has 46 heavy (non-hydrogen) atoms. The normalized spacial score (nSPS) is 11.9. The molecule has 3 heterocycles. The number of para-hydroxylation sites is 6. The van der Waals surface area contributed by atoms with Gasteiger partial charge in [-0.25, -0.2) is 0 Å².